The molecule has 200 valence electrons. The summed E-state index contributed by atoms with van der Waals surface area (Å²) in [5, 5.41) is 11.9. The van der Waals surface area contributed by atoms with Crippen molar-refractivity contribution in [1.82, 2.24) is 4.90 Å². The number of nitrogen functional groups attached to an aromatic ring is 1. The quantitative estimate of drug-likeness (QED) is 0.200. The highest BCUT2D eigenvalue weighted by molar-refractivity contribution is 6.11. The lowest BCUT2D eigenvalue weighted by Gasteiger charge is -2.24. The lowest BCUT2D eigenvalue weighted by atomic mass is 10.1. The van der Waals surface area contributed by atoms with Gasteiger partial charge in [0.2, 0.25) is 5.91 Å². The number of likely N-dealkylation sites (N-methyl/N-ethyl adjacent to an activating group) is 1. The van der Waals surface area contributed by atoms with Crippen LogP contribution in [0.3, 0.4) is 0 Å². The predicted octanol–water partition coefficient (Wildman–Crippen LogP) is 3.61. The molecule has 38 heavy (non-hydrogen) atoms. The Bertz CT molecular complexity index is 1230. The molecule has 0 saturated heterocycles. The zero-order chi connectivity index (χ0) is 28.1. The Labute approximate surface area is 223 Å². The number of hydrogen-bond donors (Lipinski definition) is 2. The van der Waals surface area contributed by atoms with Crippen LogP contribution in [0.2, 0.25) is 0 Å². The molecule has 2 rings (SSSR count). The van der Waals surface area contributed by atoms with Gasteiger partial charge >= 0.3 is 5.97 Å². The maximum absolute atomic E-state index is 13.5. The Kier molecular flexibility index (Phi) is 11.5. The van der Waals surface area contributed by atoms with Gasteiger partial charge in [-0.15, -0.1) is 0 Å². The standard InChI is InChI=1S/C28H34N6O4/c1-5-8-25(31-6-2)34(16-15-27(36)38-7-3)28(37)21-11-14-24(23(30)17-21)33(4)26(35)19-32-22-12-9-20(18-29)10-13-22/h5,8-14,17,32H,6-7,15-16,19,30H2,1-4H3. The van der Waals surface area contributed by atoms with Crippen molar-refractivity contribution >= 4 is 40.7 Å². The van der Waals surface area contributed by atoms with Crippen LogP contribution in [-0.4, -0.2) is 61.8 Å². The van der Waals surface area contributed by atoms with E-state index in [1.165, 1.54) is 15.9 Å². The van der Waals surface area contributed by atoms with E-state index >= 15 is 0 Å². The van der Waals surface area contributed by atoms with E-state index < -0.39 is 5.97 Å². The molecule has 10 heteroatoms. The van der Waals surface area contributed by atoms with Crippen molar-refractivity contribution in [3.8, 4) is 6.07 Å². The van der Waals surface area contributed by atoms with Gasteiger partial charge in [-0.3, -0.25) is 24.3 Å². The average Bonchev–Trinajstić information content (AvgIpc) is 2.91. The largest absolute Gasteiger partial charge is 0.466 e. The molecule has 0 unspecified atom stereocenters. The first kappa shape index (κ1) is 29.6. The van der Waals surface area contributed by atoms with Crippen molar-refractivity contribution in [1.29, 1.82) is 5.26 Å². The van der Waals surface area contributed by atoms with Gasteiger partial charge in [-0.1, -0.05) is 6.08 Å². The molecule has 0 aromatic heterocycles. The fraction of sp³-hybridized carbons (Fsp3) is 0.321. The lowest BCUT2D eigenvalue weighted by Crippen LogP contribution is -2.38. The van der Waals surface area contributed by atoms with E-state index in [0.717, 1.165) is 0 Å². The van der Waals surface area contributed by atoms with Crippen molar-refractivity contribution in [3.05, 3.63) is 65.7 Å². The molecule has 0 spiro atoms. The second-order valence-corrected chi connectivity index (χ2v) is 8.11. The van der Waals surface area contributed by atoms with Crippen LogP contribution in [0, 0.1) is 11.3 Å². The molecular weight excluding hydrogens is 484 g/mol. The third kappa shape index (κ3) is 8.20. The Balaban J connectivity index is 2.20. The summed E-state index contributed by atoms with van der Waals surface area (Å²) in [6, 6.07) is 13.5. The molecule has 0 fully saturated rings. The summed E-state index contributed by atoms with van der Waals surface area (Å²) in [4.78, 5) is 45.4. The number of benzene rings is 2. The predicted molar refractivity (Wildman–Crippen MR) is 149 cm³/mol. The van der Waals surface area contributed by atoms with Crippen LogP contribution in [0.1, 0.15) is 43.1 Å². The molecule has 0 aliphatic carbocycles. The Morgan fingerprint density at radius 3 is 2.45 bits per heavy atom. The van der Waals surface area contributed by atoms with Gasteiger partial charge in [-0.25, -0.2) is 0 Å². The molecule has 2 aromatic carbocycles. The molecule has 0 saturated carbocycles. The summed E-state index contributed by atoms with van der Waals surface area (Å²) < 4.78 is 5.01. The smallest absolute Gasteiger partial charge is 0.307 e. The molecule has 0 atom stereocenters. The maximum atomic E-state index is 13.5. The number of aliphatic imine (C=N–C) groups is 1. The molecule has 3 N–H and O–H groups in total. The summed E-state index contributed by atoms with van der Waals surface area (Å²) in [7, 11) is 1.60. The van der Waals surface area contributed by atoms with Crippen LogP contribution in [0.5, 0.6) is 0 Å². The minimum atomic E-state index is -0.411. The normalized spacial score (nSPS) is 11.1. The Morgan fingerprint density at radius 1 is 1.16 bits per heavy atom. The summed E-state index contributed by atoms with van der Waals surface area (Å²) in [6.07, 6.45) is 3.48. The second kappa shape index (κ2) is 14.8. The van der Waals surface area contributed by atoms with E-state index in [1.807, 2.05) is 19.9 Å². The van der Waals surface area contributed by atoms with E-state index in [1.54, 1.807) is 62.5 Å². The van der Waals surface area contributed by atoms with Crippen molar-refractivity contribution < 1.29 is 19.1 Å². The number of allylic oxidation sites excluding steroid dienone is 1. The van der Waals surface area contributed by atoms with Gasteiger partial charge < -0.3 is 20.7 Å². The number of amides is 2. The molecule has 0 aliphatic heterocycles. The summed E-state index contributed by atoms with van der Waals surface area (Å²) in [6.45, 7) is 6.19. The highest BCUT2D eigenvalue weighted by Crippen LogP contribution is 2.25. The molecule has 2 aromatic rings. The highest BCUT2D eigenvalue weighted by Gasteiger charge is 2.23. The molecular formula is C28H34N6O4. The first-order valence-corrected chi connectivity index (χ1v) is 12.3. The van der Waals surface area contributed by atoms with Crippen molar-refractivity contribution in [3.63, 3.8) is 0 Å². The van der Waals surface area contributed by atoms with Crippen molar-refractivity contribution in [2.45, 2.75) is 27.2 Å². The van der Waals surface area contributed by atoms with Gasteiger partial charge in [0.1, 0.15) is 5.84 Å². The number of carbonyl (C=O) groups is 3. The average molecular weight is 519 g/mol. The number of nitrogens with one attached hydrogen (secondary N) is 1. The van der Waals surface area contributed by atoms with E-state index in [-0.39, 0.29) is 43.6 Å². The Morgan fingerprint density at radius 2 is 1.87 bits per heavy atom. The van der Waals surface area contributed by atoms with Crippen LogP contribution < -0.4 is 16.0 Å². The number of nitriles is 1. The van der Waals surface area contributed by atoms with Crippen LogP contribution in [0.15, 0.2) is 59.6 Å². The third-order valence-electron chi connectivity index (χ3n) is 5.47. The minimum Gasteiger partial charge on any atom is -0.466 e. The van der Waals surface area contributed by atoms with Crippen molar-refractivity contribution in [2.75, 3.05) is 49.2 Å². The fourth-order valence-corrected chi connectivity index (χ4v) is 3.54. The number of anilines is 3. The molecule has 0 heterocycles. The Hall–Kier alpha value is -4.65. The number of rotatable bonds is 11. The SMILES string of the molecule is CC=CC(=NCC)N(CCC(=O)OCC)C(=O)c1ccc(N(C)C(=O)CNc2ccc(C#N)cc2)c(N)c1. The van der Waals surface area contributed by atoms with Crippen LogP contribution in [-0.2, 0) is 14.3 Å². The first-order chi connectivity index (χ1) is 18.2. The number of carbonyl (C=O) groups excluding carboxylic acids is 3. The van der Waals surface area contributed by atoms with Crippen molar-refractivity contribution in [2.24, 2.45) is 4.99 Å². The summed E-state index contributed by atoms with van der Waals surface area (Å²) in [5.41, 5.74) is 8.47. The molecule has 0 radical (unpaired) electrons. The first-order valence-electron chi connectivity index (χ1n) is 12.3. The number of esters is 1. The zero-order valence-corrected chi connectivity index (χ0v) is 22.2. The van der Waals surface area contributed by atoms with Gasteiger partial charge in [0.15, 0.2) is 0 Å². The summed E-state index contributed by atoms with van der Waals surface area (Å²) in [5.74, 6) is -0.615. The molecule has 10 nitrogen and oxygen atoms in total. The fourth-order valence-electron chi connectivity index (χ4n) is 3.54. The maximum Gasteiger partial charge on any atom is 0.307 e. The number of amidine groups is 1. The van der Waals surface area contributed by atoms with Gasteiger partial charge in [-0.2, -0.15) is 5.26 Å². The van der Waals surface area contributed by atoms with Crippen LogP contribution in [0.25, 0.3) is 0 Å². The van der Waals surface area contributed by atoms with Gasteiger partial charge in [0, 0.05) is 31.4 Å². The monoisotopic (exact) mass is 518 g/mol. The molecule has 0 aliphatic rings. The van der Waals surface area contributed by atoms with Gasteiger partial charge in [-0.05, 0) is 69.3 Å². The number of nitrogens with zero attached hydrogens (tertiary/aromatic N) is 4. The van der Waals surface area contributed by atoms with Gasteiger partial charge in [0.25, 0.3) is 5.91 Å². The topological polar surface area (TPSA) is 141 Å². The highest BCUT2D eigenvalue weighted by atomic mass is 16.5. The minimum absolute atomic E-state index is 0.00432. The molecule has 0 bridgehead atoms. The second-order valence-electron chi connectivity index (χ2n) is 8.11. The van der Waals surface area contributed by atoms with Crippen LogP contribution >= 0.6 is 0 Å². The number of nitrogens with two attached hydrogens (primary N) is 1. The van der Waals surface area contributed by atoms with Crippen LogP contribution in [0.4, 0.5) is 17.1 Å². The zero-order valence-electron chi connectivity index (χ0n) is 22.2. The third-order valence-corrected chi connectivity index (χ3v) is 5.47. The van der Waals surface area contributed by atoms with E-state index in [4.69, 9.17) is 15.7 Å². The number of hydrogen-bond acceptors (Lipinski definition) is 8. The van der Waals surface area contributed by atoms with E-state index in [9.17, 15) is 14.4 Å². The molecule has 2 amide bonds. The van der Waals surface area contributed by atoms with E-state index in [0.29, 0.717) is 34.9 Å². The lowest BCUT2D eigenvalue weighted by molar-refractivity contribution is -0.143. The summed E-state index contributed by atoms with van der Waals surface area (Å²) >= 11 is 0. The van der Waals surface area contributed by atoms with Gasteiger partial charge in [0.05, 0.1) is 42.6 Å². The number of ether oxygens (including phenoxy) is 1. The van der Waals surface area contributed by atoms with E-state index in [2.05, 4.69) is 10.3 Å².